The number of aromatic amines is 1. The van der Waals surface area contributed by atoms with Gasteiger partial charge in [-0.1, -0.05) is 0 Å². The summed E-state index contributed by atoms with van der Waals surface area (Å²) in [5.41, 5.74) is 0. The van der Waals surface area contributed by atoms with Gasteiger partial charge in [-0.2, -0.15) is 0 Å². The Balaban J connectivity index is 3.05. The Morgan fingerprint density at radius 1 is 1.83 bits per heavy atom. The monoisotopic (exact) mass is 119 g/mol. The predicted octanol–water partition coefficient (Wildman–Crippen LogP) is -0.418. The first-order chi connectivity index (χ1) is 2.89. The molecule has 0 spiro atoms. The summed E-state index contributed by atoms with van der Waals surface area (Å²) in [6, 6.07) is 0. The average molecular weight is 119 g/mol. The molecule has 0 aliphatic heterocycles. The molecule has 0 aliphatic rings. The van der Waals surface area contributed by atoms with E-state index in [1.807, 2.05) is 0 Å². The molecule has 31 valence electrons. The van der Waals surface area contributed by atoms with Gasteiger partial charge >= 0.3 is 43.3 Å². The van der Waals surface area contributed by atoms with E-state index in [0.717, 1.165) is 4.69 Å². The number of hydrogen-bond acceptors (Lipinski definition) is 1. The fourth-order valence-electron chi connectivity index (χ4n) is 0.251. The van der Waals surface area contributed by atoms with Crippen LogP contribution in [0, 0.1) is 0 Å². The number of aromatic nitrogens is 2. The van der Waals surface area contributed by atoms with Crippen LogP contribution in [-0.4, -0.2) is 9.97 Å². The molecule has 0 saturated carbocycles. The van der Waals surface area contributed by atoms with Crippen LogP contribution in [0.1, 0.15) is 0 Å². The van der Waals surface area contributed by atoms with Gasteiger partial charge in [0.15, 0.2) is 0 Å². The van der Waals surface area contributed by atoms with Crippen molar-refractivity contribution in [3.8, 4) is 0 Å². The van der Waals surface area contributed by atoms with E-state index in [4.69, 9.17) is 0 Å². The molecule has 1 N–H and O–H groups in total. The van der Waals surface area contributed by atoms with Crippen LogP contribution in [0.25, 0.3) is 0 Å². The van der Waals surface area contributed by atoms with Crippen LogP contribution >= 0.6 is 0 Å². The average Bonchev–Trinajstić information content (AvgIpc) is 1.86. The molecule has 0 atom stereocenters. The van der Waals surface area contributed by atoms with E-state index in [-0.39, 0.29) is 0 Å². The topological polar surface area (TPSA) is 28.7 Å². The Bertz CT molecular complexity index is 112. The number of hydrogen-bond donors (Lipinski definition) is 1. The molecule has 0 saturated heterocycles. The van der Waals surface area contributed by atoms with E-state index in [1.165, 1.54) is 0 Å². The van der Waals surface area contributed by atoms with Crippen LogP contribution in [0.5, 0.6) is 0 Å². The summed E-state index contributed by atoms with van der Waals surface area (Å²) in [5, 5.41) is 0. The van der Waals surface area contributed by atoms with Crippen molar-refractivity contribution in [3.05, 3.63) is 12.4 Å². The standard InChI is InChI=1S/C3H3N2.Cr/c1-2-5-3-4-1;/h1-2H,(H,4,5);. The number of nitrogens with one attached hydrogen (secondary N) is 1. The van der Waals surface area contributed by atoms with Crippen molar-refractivity contribution in [1.82, 2.24) is 9.97 Å². The molecule has 0 unspecified atom stereocenters. The van der Waals surface area contributed by atoms with E-state index in [0.29, 0.717) is 0 Å². The van der Waals surface area contributed by atoms with Crippen molar-refractivity contribution in [3.63, 3.8) is 0 Å². The molecule has 0 aliphatic carbocycles. The zero-order chi connectivity index (χ0) is 4.41. The van der Waals surface area contributed by atoms with E-state index >= 15 is 0 Å². The van der Waals surface area contributed by atoms with Gasteiger partial charge in [-0.3, -0.25) is 0 Å². The number of imidazole rings is 1. The fourth-order valence-corrected chi connectivity index (χ4v) is 0.452. The molecule has 6 heavy (non-hydrogen) atoms. The molecule has 2 nitrogen and oxygen atoms in total. The van der Waals surface area contributed by atoms with Gasteiger partial charge in [0.25, 0.3) is 0 Å². The van der Waals surface area contributed by atoms with Gasteiger partial charge in [-0.15, -0.1) is 0 Å². The molecule has 1 aromatic rings. The van der Waals surface area contributed by atoms with Crippen molar-refractivity contribution in [2.75, 3.05) is 0 Å². The van der Waals surface area contributed by atoms with Gasteiger partial charge in [0, 0.05) is 0 Å². The molecule has 0 fully saturated rings. The van der Waals surface area contributed by atoms with Crippen LogP contribution in [0.4, 0.5) is 0 Å². The summed E-state index contributed by atoms with van der Waals surface area (Å²) in [6.45, 7) is 0. The number of nitrogens with zero attached hydrogens (tertiary/aromatic N) is 1. The van der Waals surface area contributed by atoms with E-state index in [2.05, 4.69) is 26.3 Å². The van der Waals surface area contributed by atoms with E-state index in [1.54, 1.807) is 12.4 Å². The van der Waals surface area contributed by atoms with Crippen molar-refractivity contribution < 1.29 is 16.3 Å². The SMILES string of the molecule is [Cr][c]1ncc[nH]1. The first kappa shape index (κ1) is 3.92. The maximum absolute atomic E-state index is 3.81. The van der Waals surface area contributed by atoms with Crippen molar-refractivity contribution in [1.29, 1.82) is 0 Å². The van der Waals surface area contributed by atoms with Gasteiger partial charge in [0.1, 0.15) is 0 Å². The molecular formula is C3H3CrN2. The van der Waals surface area contributed by atoms with Gasteiger partial charge < -0.3 is 0 Å². The Morgan fingerprint density at radius 3 is 2.83 bits per heavy atom. The summed E-state index contributed by atoms with van der Waals surface area (Å²) in [4.78, 5) is 6.64. The second-order valence-electron chi connectivity index (χ2n) is 0.894. The molecule has 1 rings (SSSR count). The molecule has 0 bridgehead atoms. The van der Waals surface area contributed by atoms with Gasteiger partial charge in [0.2, 0.25) is 0 Å². The van der Waals surface area contributed by atoms with E-state index in [9.17, 15) is 0 Å². The summed E-state index contributed by atoms with van der Waals surface area (Å²) < 4.78 is 0.843. The molecule has 3 heteroatoms. The summed E-state index contributed by atoms with van der Waals surface area (Å²) in [6.07, 6.45) is 3.47. The quantitative estimate of drug-likeness (QED) is 0.493. The minimum atomic E-state index is 0.843. The third kappa shape index (κ3) is 0.619. The third-order valence-electron chi connectivity index (χ3n) is 0.473. The van der Waals surface area contributed by atoms with E-state index < -0.39 is 0 Å². The zero-order valence-corrected chi connectivity index (χ0v) is 4.29. The van der Waals surface area contributed by atoms with Crippen LogP contribution in [-0.2, 0) is 16.3 Å². The Hall–Kier alpha value is -0.258. The van der Waals surface area contributed by atoms with Crippen LogP contribution in [0.15, 0.2) is 12.4 Å². The normalized spacial score (nSPS) is 8.67. The van der Waals surface area contributed by atoms with Crippen LogP contribution in [0.2, 0.25) is 0 Å². The Morgan fingerprint density at radius 2 is 2.67 bits per heavy atom. The first-order valence-electron chi connectivity index (χ1n) is 1.56. The molecule has 1 heterocycles. The first-order valence-corrected chi connectivity index (χ1v) is 2.20. The summed E-state index contributed by atoms with van der Waals surface area (Å²) >= 11 is 2.72. The van der Waals surface area contributed by atoms with Crippen LogP contribution < -0.4 is 4.69 Å². The molecule has 0 amide bonds. The van der Waals surface area contributed by atoms with Gasteiger partial charge in [-0.05, 0) is 0 Å². The maximum atomic E-state index is 3.81. The number of rotatable bonds is 0. The summed E-state index contributed by atoms with van der Waals surface area (Å²) in [5.74, 6) is 0. The summed E-state index contributed by atoms with van der Waals surface area (Å²) in [7, 11) is 0. The number of H-pyrrole nitrogens is 1. The molecule has 1 aromatic heterocycles. The Kier molecular flexibility index (Phi) is 0.954. The third-order valence-corrected chi connectivity index (χ3v) is 0.822. The second kappa shape index (κ2) is 1.46. The van der Waals surface area contributed by atoms with Crippen LogP contribution in [0.3, 0.4) is 0 Å². The van der Waals surface area contributed by atoms with Crippen molar-refractivity contribution >= 4 is 4.69 Å². The fraction of sp³-hybridized carbons (Fsp3) is 0. The zero-order valence-electron chi connectivity index (χ0n) is 3.01. The van der Waals surface area contributed by atoms with Crippen molar-refractivity contribution in [2.24, 2.45) is 0 Å². The molecule has 0 aromatic carbocycles. The second-order valence-corrected chi connectivity index (χ2v) is 1.50. The Labute approximate surface area is 44.0 Å². The molecule has 0 radical (unpaired) electrons. The van der Waals surface area contributed by atoms with Crippen molar-refractivity contribution in [2.45, 2.75) is 0 Å². The van der Waals surface area contributed by atoms with Gasteiger partial charge in [0.05, 0.1) is 0 Å². The predicted molar refractivity (Wildman–Crippen MR) is 18.2 cm³/mol. The molecular weight excluding hydrogens is 116 g/mol. The van der Waals surface area contributed by atoms with Gasteiger partial charge in [-0.25, -0.2) is 0 Å². The minimum absolute atomic E-state index is 0.843.